The van der Waals surface area contributed by atoms with E-state index in [2.05, 4.69) is 6.42 Å². The second-order valence-corrected chi connectivity index (χ2v) is 24.2. The Morgan fingerprint density at radius 2 is 0.804 bits per heavy atom. The van der Waals surface area contributed by atoms with Gasteiger partial charge in [-0.05, 0) is 128 Å². The van der Waals surface area contributed by atoms with E-state index < -0.39 is 0 Å². The summed E-state index contributed by atoms with van der Waals surface area (Å²) in [7, 11) is -0.378. The fourth-order valence-corrected chi connectivity index (χ4v) is 23.7. The molecule has 1 heterocycles. The van der Waals surface area contributed by atoms with Crippen molar-refractivity contribution in [3.05, 3.63) is 11.7 Å². The number of hydrogen-bond acceptors (Lipinski definition) is 0. The van der Waals surface area contributed by atoms with Gasteiger partial charge in [-0.1, -0.05) is 70.6 Å². The molecule has 0 aromatic rings. The van der Waals surface area contributed by atoms with Crippen molar-refractivity contribution in [3.63, 3.8) is 0 Å². The summed E-state index contributed by atoms with van der Waals surface area (Å²) in [6.45, 7) is 1.14. The van der Waals surface area contributed by atoms with Gasteiger partial charge in [-0.2, -0.15) is 12.3 Å². The van der Waals surface area contributed by atoms with Gasteiger partial charge in [0, 0.05) is 38.2 Å². The Morgan fingerprint density at radius 1 is 0.413 bits per heavy atom. The van der Waals surface area contributed by atoms with Gasteiger partial charge in [0.1, 0.15) is 11.3 Å². The molecule has 1 nitrogen and oxygen atoms in total. The first kappa shape index (κ1) is 38.8. The van der Waals surface area contributed by atoms with Crippen molar-refractivity contribution < 1.29 is 22.4 Å². The van der Waals surface area contributed by atoms with Gasteiger partial charge in [-0.25, -0.2) is 0 Å². The molecule has 4 atom stereocenters. The molecule has 6 saturated carbocycles. The number of piperidine rings is 1. The molecule has 0 spiro atoms. The Kier molecular flexibility index (Phi) is 18.4. The van der Waals surface area contributed by atoms with Crippen molar-refractivity contribution in [1.82, 2.24) is 0 Å². The molecule has 4 unspecified atom stereocenters. The zero-order valence-corrected chi connectivity index (χ0v) is 34.4. The summed E-state index contributed by atoms with van der Waals surface area (Å²) in [5, 5.41) is 4.70. The van der Waals surface area contributed by atoms with E-state index >= 15 is 0 Å². The van der Waals surface area contributed by atoms with Gasteiger partial charge in [-0.15, -0.1) is 12.6 Å². The van der Waals surface area contributed by atoms with Crippen LogP contribution >= 0.6 is 15.8 Å². The largest absolute Gasteiger partial charge is 0.660 e. The predicted molar refractivity (Wildman–Crippen MR) is 207 cm³/mol. The summed E-state index contributed by atoms with van der Waals surface area (Å²) in [5.74, 6) is 0.903. The van der Waals surface area contributed by atoms with Gasteiger partial charge in [-0.3, -0.25) is 0 Å². The molecule has 7 fully saturated rings. The van der Waals surface area contributed by atoms with Crippen LogP contribution in [0.4, 0.5) is 0 Å². The molecule has 7 aliphatic rings. The Bertz CT molecular complexity index is 673. The summed E-state index contributed by atoms with van der Waals surface area (Å²) < 4.78 is 0. The summed E-state index contributed by atoms with van der Waals surface area (Å²) in [6.07, 6.45) is 52.5. The summed E-state index contributed by atoms with van der Waals surface area (Å²) in [6, 6.07) is 0.716. The van der Waals surface area contributed by atoms with Gasteiger partial charge in [0.2, 0.25) is 0 Å². The topological polar surface area (TPSA) is 14.1 Å². The Labute approximate surface area is 306 Å². The minimum atomic E-state index is -0.189. The van der Waals surface area contributed by atoms with E-state index in [0.29, 0.717) is 6.04 Å². The summed E-state index contributed by atoms with van der Waals surface area (Å²) in [4.78, 5) is 0. The SMILES string of the molecule is C1CCC([PH+](C2CCCCC2)C2CCCCC2[PH+](C2CCCCC2)C2CCCCC2)CC1.[Au].[CH-]1CCCCC1CC1CCCC[N-]1. The molecule has 0 amide bonds. The van der Waals surface area contributed by atoms with Crippen LogP contribution in [-0.4, -0.2) is 46.5 Å². The standard InChI is InChI=1S/C30H54P2.C12H21N.Au/c1-5-15-25(16-6-1)31(26-17-7-2-8-18-26)29-23-13-14-24-30(29)32(27-19-9-3-10-20-27)28-21-11-4-12-22-28;1-2-6-11(7-3-1)10-12-8-4-5-9-13-12;/h25-30H,1-24H2;6,11-12H,1-5,7-10H2;/q;-2;/p+2. The number of nitrogens with zero attached hydrogens (tertiary/aromatic N) is 1. The van der Waals surface area contributed by atoms with Crippen LogP contribution in [0, 0.1) is 12.3 Å². The Hall–Kier alpha value is 1.56. The molecule has 7 rings (SSSR count). The monoisotopic (exact) mass is 855 g/mol. The average molecular weight is 855 g/mol. The maximum absolute atomic E-state index is 4.70. The van der Waals surface area contributed by atoms with Gasteiger partial charge in [0.05, 0.1) is 22.6 Å². The molecule has 0 bridgehead atoms. The Balaban J connectivity index is 0.000000250. The molecule has 0 aromatic carbocycles. The molecule has 271 valence electrons. The minimum Gasteiger partial charge on any atom is -0.660 e. The second kappa shape index (κ2) is 21.8. The minimum absolute atomic E-state index is 0. The smallest absolute Gasteiger partial charge is 0.104 e. The summed E-state index contributed by atoms with van der Waals surface area (Å²) >= 11 is 0. The first-order valence-corrected chi connectivity index (χ1v) is 25.1. The average Bonchev–Trinajstić information content (AvgIpc) is 3.12. The second-order valence-electron chi connectivity index (χ2n) is 17.4. The fraction of sp³-hybridized carbons (Fsp3) is 0.976. The normalized spacial score (nSPS) is 33.3. The van der Waals surface area contributed by atoms with Crippen LogP contribution in [0.3, 0.4) is 0 Å². The maximum atomic E-state index is 4.70. The van der Waals surface area contributed by atoms with E-state index in [4.69, 9.17) is 5.32 Å². The molecule has 6 aliphatic carbocycles. The first-order chi connectivity index (χ1) is 22.4. The molecular weight excluding hydrogens is 777 g/mol. The number of rotatable bonds is 8. The third kappa shape index (κ3) is 11.5. The van der Waals surface area contributed by atoms with Gasteiger partial charge >= 0.3 is 0 Å². The van der Waals surface area contributed by atoms with Crippen molar-refractivity contribution in [3.8, 4) is 0 Å². The molecule has 1 saturated heterocycles. The summed E-state index contributed by atoms with van der Waals surface area (Å²) in [5.41, 5.74) is 7.43. The van der Waals surface area contributed by atoms with E-state index in [1.54, 1.807) is 154 Å². The van der Waals surface area contributed by atoms with Crippen LogP contribution < -0.4 is 0 Å². The van der Waals surface area contributed by atoms with E-state index in [1.807, 2.05) is 0 Å². The molecule has 0 N–H and O–H groups in total. The third-order valence-corrected chi connectivity index (χ3v) is 23.9. The van der Waals surface area contributed by atoms with Crippen LogP contribution in [0.5, 0.6) is 0 Å². The maximum Gasteiger partial charge on any atom is 0.104 e. The number of hydrogen-bond donors (Lipinski definition) is 0. The zero-order valence-electron chi connectivity index (χ0n) is 30.3. The predicted octanol–water partition coefficient (Wildman–Crippen LogP) is 13.8. The molecule has 4 heteroatoms. The van der Waals surface area contributed by atoms with Gasteiger partial charge in [0.15, 0.2) is 0 Å². The first-order valence-electron chi connectivity index (χ1n) is 21.6. The third-order valence-electron chi connectivity index (χ3n) is 14.4. The Morgan fingerprint density at radius 3 is 1.17 bits per heavy atom. The van der Waals surface area contributed by atoms with Crippen LogP contribution in [0.25, 0.3) is 5.32 Å². The molecular formula is C42H77AuNP2. The van der Waals surface area contributed by atoms with Crippen molar-refractivity contribution in [2.24, 2.45) is 5.92 Å². The quantitative estimate of drug-likeness (QED) is 0.131. The van der Waals surface area contributed by atoms with E-state index in [1.165, 1.54) is 85.3 Å². The van der Waals surface area contributed by atoms with Crippen LogP contribution in [0.2, 0.25) is 0 Å². The van der Waals surface area contributed by atoms with Crippen LogP contribution in [0.15, 0.2) is 0 Å². The van der Waals surface area contributed by atoms with Crippen LogP contribution in [-0.2, 0) is 22.4 Å². The molecule has 1 radical (unpaired) electrons. The van der Waals surface area contributed by atoms with Crippen molar-refractivity contribution >= 4 is 15.8 Å². The van der Waals surface area contributed by atoms with Gasteiger partial charge < -0.3 is 11.7 Å². The van der Waals surface area contributed by atoms with Gasteiger partial charge in [0.25, 0.3) is 0 Å². The fourth-order valence-electron chi connectivity index (χ4n) is 12.2. The van der Waals surface area contributed by atoms with Crippen molar-refractivity contribution in [2.45, 2.75) is 245 Å². The van der Waals surface area contributed by atoms with Crippen molar-refractivity contribution in [1.29, 1.82) is 0 Å². The molecule has 1 aliphatic heterocycles. The van der Waals surface area contributed by atoms with E-state index in [0.717, 1.165) is 12.5 Å². The van der Waals surface area contributed by atoms with E-state index in [9.17, 15) is 0 Å². The molecule has 0 aromatic heterocycles. The van der Waals surface area contributed by atoms with Crippen molar-refractivity contribution in [2.75, 3.05) is 6.54 Å². The zero-order chi connectivity index (χ0) is 30.5. The van der Waals surface area contributed by atoms with E-state index in [-0.39, 0.29) is 38.2 Å². The van der Waals surface area contributed by atoms with Crippen LogP contribution in [0.1, 0.15) is 205 Å². The molecule has 46 heavy (non-hydrogen) atoms.